The highest BCUT2D eigenvalue weighted by Crippen LogP contribution is 2.28. The smallest absolute Gasteiger partial charge is 0.0897 e. The molecule has 0 heterocycles. The third-order valence-electron chi connectivity index (χ3n) is 3.00. The van der Waals surface area contributed by atoms with E-state index < -0.39 is 0 Å². The van der Waals surface area contributed by atoms with Gasteiger partial charge in [0.25, 0.3) is 0 Å². The summed E-state index contributed by atoms with van der Waals surface area (Å²) in [6, 6.07) is 0. The molecule has 0 radical (unpaired) electrons. The van der Waals surface area contributed by atoms with Gasteiger partial charge < -0.3 is 20.3 Å². The van der Waals surface area contributed by atoms with Crippen LogP contribution in [0, 0.1) is 5.92 Å². The van der Waals surface area contributed by atoms with Crippen molar-refractivity contribution in [1.29, 1.82) is 0 Å². The lowest BCUT2D eigenvalue weighted by atomic mass is 10.2. The molecule has 1 aliphatic rings. The lowest BCUT2D eigenvalue weighted by Gasteiger charge is -2.12. The van der Waals surface area contributed by atoms with Crippen molar-refractivity contribution in [3.8, 4) is 0 Å². The molecule has 0 amide bonds. The minimum atomic E-state index is -0.383. The van der Waals surface area contributed by atoms with Gasteiger partial charge in [-0.3, -0.25) is 0 Å². The molecule has 1 rings (SSSR count). The van der Waals surface area contributed by atoms with Crippen LogP contribution < -0.4 is 5.32 Å². The van der Waals surface area contributed by atoms with E-state index in [2.05, 4.69) is 5.32 Å². The SMILES string of the molecule is OCCCCCCNCC(O)COCC1CC1. The average Bonchev–Trinajstić information content (AvgIpc) is 3.12. The summed E-state index contributed by atoms with van der Waals surface area (Å²) in [5, 5.41) is 21.4. The molecular formula is C13H27NO3. The van der Waals surface area contributed by atoms with Crippen LogP contribution in [0.4, 0.5) is 0 Å². The molecule has 17 heavy (non-hydrogen) atoms. The van der Waals surface area contributed by atoms with Crippen LogP contribution in [0.1, 0.15) is 38.5 Å². The van der Waals surface area contributed by atoms with Crippen molar-refractivity contribution in [2.24, 2.45) is 5.92 Å². The number of hydrogen-bond acceptors (Lipinski definition) is 4. The normalized spacial score (nSPS) is 17.3. The molecule has 0 bridgehead atoms. The van der Waals surface area contributed by atoms with Gasteiger partial charge in [0.15, 0.2) is 0 Å². The fourth-order valence-electron chi connectivity index (χ4n) is 1.70. The molecule has 0 aromatic rings. The molecule has 0 aliphatic heterocycles. The molecule has 1 atom stereocenters. The second kappa shape index (κ2) is 9.83. The summed E-state index contributed by atoms with van der Waals surface area (Å²) < 4.78 is 5.41. The predicted molar refractivity (Wildman–Crippen MR) is 68.0 cm³/mol. The second-order valence-electron chi connectivity index (χ2n) is 4.98. The molecule has 0 spiro atoms. The maximum atomic E-state index is 9.60. The highest BCUT2D eigenvalue weighted by molar-refractivity contribution is 4.72. The van der Waals surface area contributed by atoms with Crippen molar-refractivity contribution in [2.75, 3.05) is 32.9 Å². The van der Waals surface area contributed by atoms with E-state index in [1.54, 1.807) is 0 Å². The van der Waals surface area contributed by atoms with Crippen LogP contribution in [0.2, 0.25) is 0 Å². The fraction of sp³-hybridized carbons (Fsp3) is 1.00. The Kier molecular flexibility index (Phi) is 8.61. The van der Waals surface area contributed by atoms with Crippen molar-refractivity contribution in [2.45, 2.75) is 44.6 Å². The van der Waals surface area contributed by atoms with E-state index in [1.165, 1.54) is 12.8 Å². The summed E-state index contributed by atoms with van der Waals surface area (Å²) in [4.78, 5) is 0. The van der Waals surface area contributed by atoms with E-state index in [0.717, 1.165) is 44.8 Å². The lowest BCUT2D eigenvalue weighted by Crippen LogP contribution is -2.31. The molecule has 102 valence electrons. The Morgan fingerprint density at radius 2 is 1.94 bits per heavy atom. The monoisotopic (exact) mass is 245 g/mol. The first-order chi connectivity index (χ1) is 8.33. The molecule has 1 fully saturated rings. The molecule has 1 aliphatic carbocycles. The van der Waals surface area contributed by atoms with Crippen molar-refractivity contribution in [3.05, 3.63) is 0 Å². The maximum Gasteiger partial charge on any atom is 0.0897 e. The second-order valence-corrected chi connectivity index (χ2v) is 4.98. The van der Waals surface area contributed by atoms with Crippen LogP contribution in [0.3, 0.4) is 0 Å². The van der Waals surface area contributed by atoms with Gasteiger partial charge in [-0.2, -0.15) is 0 Å². The predicted octanol–water partition coefficient (Wildman–Crippen LogP) is 0.916. The summed E-state index contributed by atoms with van der Waals surface area (Å²) in [5.41, 5.74) is 0. The van der Waals surface area contributed by atoms with Gasteiger partial charge >= 0.3 is 0 Å². The first kappa shape index (κ1) is 14.9. The number of rotatable bonds is 12. The summed E-state index contributed by atoms with van der Waals surface area (Å²) in [6.07, 6.45) is 6.44. The van der Waals surface area contributed by atoms with Gasteiger partial charge in [-0.15, -0.1) is 0 Å². The van der Waals surface area contributed by atoms with Crippen molar-refractivity contribution < 1.29 is 14.9 Å². The molecule has 3 N–H and O–H groups in total. The van der Waals surface area contributed by atoms with Gasteiger partial charge in [0.1, 0.15) is 0 Å². The van der Waals surface area contributed by atoms with Gasteiger partial charge in [-0.1, -0.05) is 12.8 Å². The van der Waals surface area contributed by atoms with Crippen LogP contribution in [0.15, 0.2) is 0 Å². The Bertz CT molecular complexity index is 174. The van der Waals surface area contributed by atoms with Gasteiger partial charge in [0, 0.05) is 19.8 Å². The van der Waals surface area contributed by atoms with Gasteiger partial charge in [0.05, 0.1) is 12.7 Å². The first-order valence-corrected chi connectivity index (χ1v) is 6.90. The van der Waals surface area contributed by atoms with E-state index in [9.17, 15) is 5.11 Å². The molecule has 1 saturated carbocycles. The zero-order valence-electron chi connectivity index (χ0n) is 10.7. The summed E-state index contributed by atoms with van der Waals surface area (Å²) in [7, 11) is 0. The van der Waals surface area contributed by atoms with Crippen LogP contribution in [-0.2, 0) is 4.74 Å². The summed E-state index contributed by atoms with van der Waals surface area (Å²) in [5.74, 6) is 0.765. The highest BCUT2D eigenvalue weighted by Gasteiger charge is 2.21. The molecule has 1 unspecified atom stereocenters. The van der Waals surface area contributed by atoms with Crippen LogP contribution in [0.5, 0.6) is 0 Å². The third-order valence-corrected chi connectivity index (χ3v) is 3.00. The van der Waals surface area contributed by atoms with Crippen LogP contribution in [0.25, 0.3) is 0 Å². The number of aliphatic hydroxyl groups is 2. The molecule has 0 aromatic heterocycles. The minimum Gasteiger partial charge on any atom is -0.396 e. The zero-order valence-corrected chi connectivity index (χ0v) is 10.7. The maximum absolute atomic E-state index is 9.60. The van der Waals surface area contributed by atoms with Crippen molar-refractivity contribution >= 4 is 0 Å². The molecular weight excluding hydrogens is 218 g/mol. The standard InChI is InChI=1S/C13H27NO3/c15-8-4-2-1-3-7-14-9-13(16)11-17-10-12-5-6-12/h12-16H,1-11H2. The number of aliphatic hydroxyl groups excluding tert-OH is 2. The number of ether oxygens (including phenoxy) is 1. The van der Waals surface area contributed by atoms with Crippen molar-refractivity contribution in [3.63, 3.8) is 0 Å². The Morgan fingerprint density at radius 1 is 1.18 bits per heavy atom. The van der Waals surface area contributed by atoms with Crippen molar-refractivity contribution in [1.82, 2.24) is 5.32 Å². The first-order valence-electron chi connectivity index (χ1n) is 6.90. The van der Waals surface area contributed by atoms with Gasteiger partial charge in [0.2, 0.25) is 0 Å². The highest BCUT2D eigenvalue weighted by atomic mass is 16.5. The Balaban J connectivity index is 1.74. The van der Waals surface area contributed by atoms with Crippen LogP contribution >= 0.6 is 0 Å². The molecule has 0 saturated heterocycles. The third kappa shape index (κ3) is 9.53. The van der Waals surface area contributed by atoms with E-state index in [-0.39, 0.29) is 6.10 Å². The lowest BCUT2D eigenvalue weighted by molar-refractivity contribution is 0.0326. The topological polar surface area (TPSA) is 61.7 Å². The van der Waals surface area contributed by atoms with E-state index in [1.807, 2.05) is 0 Å². The zero-order chi connectivity index (χ0) is 12.3. The number of nitrogens with one attached hydrogen (secondary N) is 1. The average molecular weight is 245 g/mol. The van der Waals surface area contributed by atoms with E-state index in [4.69, 9.17) is 9.84 Å². The Hall–Kier alpha value is -0.160. The Morgan fingerprint density at radius 3 is 2.65 bits per heavy atom. The number of unbranched alkanes of at least 4 members (excludes halogenated alkanes) is 3. The van der Waals surface area contributed by atoms with Crippen LogP contribution in [-0.4, -0.2) is 49.2 Å². The molecule has 0 aromatic carbocycles. The molecule has 4 heteroatoms. The van der Waals surface area contributed by atoms with Gasteiger partial charge in [-0.25, -0.2) is 0 Å². The Labute approximate surface area is 104 Å². The minimum absolute atomic E-state index is 0.296. The van der Waals surface area contributed by atoms with E-state index >= 15 is 0 Å². The number of hydrogen-bond donors (Lipinski definition) is 3. The fourth-order valence-corrected chi connectivity index (χ4v) is 1.70. The van der Waals surface area contributed by atoms with E-state index in [0.29, 0.717) is 19.8 Å². The molecule has 4 nitrogen and oxygen atoms in total. The summed E-state index contributed by atoms with van der Waals surface area (Å²) in [6.45, 7) is 3.12. The quantitative estimate of drug-likeness (QED) is 0.447. The largest absolute Gasteiger partial charge is 0.396 e. The summed E-state index contributed by atoms with van der Waals surface area (Å²) >= 11 is 0. The van der Waals surface area contributed by atoms with Gasteiger partial charge in [-0.05, 0) is 38.1 Å².